The van der Waals surface area contributed by atoms with Crippen molar-refractivity contribution in [1.29, 1.82) is 0 Å². The predicted octanol–water partition coefficient (Wildman–Crippen LogP) is 5.68. The number of halogens is 6. The van der Waals surface area contributed by atoms with Crippen molar-refractivity contribution >= 4 is 36.1 Å². The van der Waals surface area contributed by atoms with Gasteiger partial charge >= 0.3 is 178 Å². The first-order valence-electron chi connectivity index (χ1n) is 12.3. The molecular weight excluding hydrogens is 603 g/mol. The number of sulfonamides is 2. The van der Waals surface area contributed by atoms with Crippen molar-refractivity contribution < 1.29 is 56.5 Å². The van der Waals surface area contributed by atoms with Crippen LogP contribution in [0, 0.1) is 0 Å². The molecule has 8 nitrogen and oxygen atoms in total. The molecule has 0 fully saturated rings. The summed E-state index contributed by atoms with van der Waals surface area (Å²) in [6.45, 7) is 6.99. The van der Waals surface area contributed by atoms with Crippen molar-refractivity contribution in [3.63, 3.8) is 0 Å². The predicted molar refractivity (Wildman–Crippen MR) is 142 cm³/mol. The third kappa shape index (κ3) is 14.0. The Hall–Kier alpha value is -0.0331. The van der Waals surface area contributed by atoms with Crippen LogP contribution in [-0.4, -0.2) is 82.6 Å². The van der Waals surface area contributed by atoms with Gasteiger partial charge in [0.15, 0.2) is 0 Å². The van der Waals surface area contributed by atoms with Crippen LogP contribution < -0.4 is 4.13 Å². The number of alkyl halides is 6. The average molecular weight is 648 g/mol. The Balaban J connectivity index is 0. The van der Waals surface area contributed by atoms with Gasteiger partial charge in [-0.15, -0.1) is 0 Å². The van der Waals surface area contributed by atoms with E-state index in [1.54, 1.807) is 21.3 Å². The molecule has 1 N–H and O–H groups in total. The van der Waals surface area contributed by atoms with E-state index >= 15 is 0 Å². The molecule has 0 aromatic heterocycles. The first kappa shape index (κ1) is 40.1. The van der Waals surface area contributed by atoms with Crippen LogP contribution in [0.3, 0.4) is 0 Å². The number of unbranched alkanes of at least 4 members (excludes halogenated alkanes) is 3. The quantitative estimate of drug-likeness (QED) is 0.116. The van der Waals surface area contributed by atoms with Crippen molar-refractivity contribution in [1.82, 2.24) is 4.13 Å². The minimum absolute atomic E-state index is 0.493. The SMILES string of the molecule is CCCC[PH](CCCC)(CCCC)CCC[Si](OC)(OC)OC.O=S(=O)(NS(=O)(=O)C(F)(F)F)C(F)(F)F. The van der Waals surface area contributed by atoms with Crippen LogP contribution in [0.15, 0.2) is 0 Å². The van der Waals surface area contributed by atoms with Crippen LogP contribution in [0.25, 0.3) is 0 Å². The summed E-state index contributed by atoms with van der Waals surface area (Å²) in [5.41, 5.74) is -12.3. The molecule has 18 heteroatoms. The van der Waals surface area contributed by atoms with E-state index in [9.17, 15) is 43.2 Å². The van der Waals surface area contributed by atoms with E-state index in [0.717, 1.165) is 6.04 Å². The van der Waals surface area contributed by atoms with E-state index < -0.39 is 51.3 Å². The standard InChI is InChI=1S/C18H43O3PSi.C2HF6NO4S2/c1-7-10-14-22(15-11-8-2,16-12-9-3)17-13-18-23(19-4,20-5)21-6;3-1(4,5)14(10,11)9-15(12,13)2(6,7)8/h22H,7-18H2,1-6H3;9H. The summed E-state index contributed by atoms with van der Waals surface area (Å²) in [7, 11) is -11.5. The molecule has 0 aromatic rings. The Labute approximate surface area is 225 Å². The summed E-state index contributed by atoms with van der Waals surface area (Å²) >= 11 is 0. The molecule has 0 radical (unpaired) electrons. The number of rotatable bonds is 18. The van der Waals surface area contributed by atoms with Crippen LogP contribution >= 0.6 is 7.26 Å². The van der Waals surface area contributed by atoms with Gasteiger partial charge < -0.3 is 0 Å². The third-order valence-electron chi connectivity index (χ3n) is 6.13. The smallest absolute Gasteiger partial charge is 0.202 e. The second-order valence-electron chi connectivity index (χ2n) is 8.94. The van der Waals surface area contributed by atoms with Gasteiger partial charge in [-0.25, -0.2) is 16.8 Å². The molecule has 0 bridgehead atoms. The average Bonchev–Trinajstić information content (AvgIpc) is 2.81. The summed E-state index contributed by atoms with van der Waals surface area (Å²) < 4.78 is 125. The van der Waals surface area contributed by atoms with Gasteiger partial charge in [-0.2, -0.15) is 26.3 Å². The molecule has 0 aliphatic carbocycles. The molecule has 0 aromatic carbocycles. The number of nitrogens with one attached hydrogen (secondary N) is 1. The maximum Gasteiger partial charge on any atom is 0.512 e. The van der Waals surface area contributed by atoms with Crippen molar-refractivity contribution in [3.8, 4) is 0 Å². The van der Waals surface area contributed by atoms with E-state index in [4.69, 9.17) is 13.3 Å². The second kappa shape index (κ2) is 17.7. The zero-order chi connectivity index (χ0) is 30.3. The molecule has 0 saturated carbocycles. The molecule has 234 valence electrons. The minimum Gasteiger partial charge on any atom is -0.202 e. The Kier molecular flexibility index (Phi) is 18.7. The largest absolute Gasteiger partial charge is 0.512 e. The normalized spacial score (nSPS) is 14.2. The molecule has 0 saturated heterocycles. The van der Waals surface area contributed by atoms with Gasteiger partial charge in [0.05, 0.1) is 0 Å². The Bertz CT molecular complexity index is 783. The fourth-order valence-corrected chi connectivity index (χ4v) is 13.6. The molecule has 0 spiro atoms. The van der Waals surface area contributed by atoms with E-state index in [0.29, 0.717) is 0 Å². The van der Waals surface area contributed by atoms with Crippen molar-refractivity contribution in [2.45, 2.75) is 82.8 Å². The van der Waals surface area contributed by atoms with E-state index in [-0.39, 0.29) is 0 Å². The molecule has 0 aliphatic rings. The second-order valence-corrected chi connectivity index (χ2v) is 20.6. The first-order chi connectivity index (χ1) is 17.3. The summed E-state index contributed by atoms with van der Waals surface area (Å²) in [6, 6.07) is 0.968. The molecule has 0 atom stereocenters. The maximum absolute atomic E-state index is 11.5. The zero-order valence-electron chi connectivity index (χ0n) is 22.9. The molecule has 0 aliphatic heterocycles. The van der Waals surface area contributed by atoms with Gasteiger partial charge in [0, 0.05) is 0 Å². The fourth-order valence-electron chi connectivity index (χ4n) is 3.88. The summed E-state index contributed by atoms with van der Waals surface area (Å²) in [5, 5.41) is 0. The van der Waals surface area contributed by atoms with Crippen LogP contribution in [0.1, 0.15) is 65.7 Å². The summed E-state index contributed by atoms with van der Waals surface area (Å²) in [4.78, 5) is 0. The first-order valence-corrected chi connectivity index (χ1v) is 20.1. The van der Waals surface area contributed by atoms with E-state index in [2.05, 4.69) is 20.8 Å². The molecule has 0 amide bonds. The van der Waals surface area contributed by atoms with Crippen LogP contribution in [0.4, 0.5) is 26.3 Å². The molecule has 0 heterocycles. The Morgan fingerprint density at radius 2 is 0.921 bits per heavy atom. The molecule has 38 heavy (non-hydrogen) atoms. The van der Waals surface area contributed by atoms with E-state index in [1.165, 1.54) is 69.6 Å². The number of hydrogen-bond acceptors (Lipinski definition) is 7. The van der Waals surface area contributed by atoms with Crippen LogP contribution in [-0.2, 0) is 33.3 Å². The van der Waals surface area contributed by atoms with Gasteiger partial charge in [-0.1, -0.05) is 4.13 Å². The van der Waals surface area contributed by atoms with Gasteiger partial charge in [0.1, 0.15) is 0 Å². The van der Waals surface area contributed by atoms with Gasteiger partial charge in [-0.3, -0.25) is 0 Å². The Morgan fingerprint density at radius 1 is 0.632 bits per heavy atom. The summed E-state index contributed by atoms with van der Waals surface area (Å²) in [5.74, 6) is 0. The van der Waals surface area contributed by atoms with Crippen molar-refractivity contribution in [3.05, 3.63) is 0 Å². The molecular formula is C20H44F6NO7PS2Si. The Morgan fingerprint density at radius 3 is 1.16 bits per heavy atom. The van der Waals surface area contributed by atoms with Crippen molar-refractivity contribution in [2.24, 2.45) is 0 Å². The summed E-state index contributed by atoms with van der Waals surface area (Å²) in [6.07, 6.45) is 15.5. The van der Waals surface area contributed by atoms with Crippen LogP contribution in [0.2, 0.25) is 6.04 Å². The topological polar surface area (TPSA) is 108 Å². The van der Waals surface area contributed by atoms with Gasteiger partial charge in [0.2, 0.25) is 0 Å². The van der Waals surface area contributed by atoms with E-state index in [1.807, 2.05) is 0 Å². The minimum atomic E-state index is -6.60. The third-order valence-corrected chi connectivity index (χ3v) is 17.6. The zero-order valence-corrected chi connectivity index (χ0v) is 26.6. The molecule has 0 unspecified atom stereocenters. The fraction of sp³-hybridized carbons (Fsp3) is 1.00. The van der Waals surface area contributed by atoms with Crippen molar-refractivity contribution in [2.75, 3.05) is 46.0 Å². The van der Waals surface area contributed by atoms with Gasteiger partial charge in [-0.05, 0) is 0 Å². The molecule has 0 rings (SSSR count). The number of hydrogen-bond donors (Lipinski definition) is 1. The van der Waals surface area contributed by atoms with Crippen LogP contribution in [0.5, 0.6) is 0 Å². The van der Waals surface area contributed by atoms with Gasteiger partial charge in [0.25, 0.3) is 0 Å². The maximum atomic E-state index is 11.5. The monoisotopic (exact) mass is 647 g/mol.